The van der Waals surface area contributed by atoms with E-state index >= 15 is 0 Å². The summed E-state index contributed by atoms with van der Waals surface area (Å²) in [7, 11) is 0. The van der Waals surface area contributed by atoms with Crippen molar-refractivity contribution in [1.82, 2.24) is 0 Å². The molecule has 3 rings (SSSR count). The minimum absolute atomic E-state index is 0.436. The van der Waals surface area contributed by atoms with Gasteiger partial charge in [-0.2, -0.15) is 12.6 Å². The number of hydrogen-bond acceptors (Lipinski definition) is 1. The maximum atomic E-state index is 5.25. The lowest BCUT2D eigenvalue weighted by atomic mass is 9.81. The van der Waals surface area contributed by atoms with Gasteiger partial charge in [0.25, 0.3) is 0 Å². The van der Waals surface area contributed by atoms with Crippen molar-refractivity contribution in [3.63, 3.8) is 0 Å². The van der Waals surface area contributed by atoms with Crippen molar-refractivity contribution in [2.24, 2.45) is 0 Å². The van der Waals surface area contributed by atoms with Crippen LogP contribution < -0.4 is 0 Å². The second-order valence-corrected chi connectivity index (χ2v) is 6.52. The third-order valence-corrected chi connectivity index (χ3v) is 5.07. The first-order valence-electron chi connectivity index (χ1n) is 8.18. The molecule has 0 amide bonds. The van der Waals surface area contributed by atoms with Crippen molar-refractivity contribution in [3.8, 4) is 0 Å². The largest absolute Gasteiger partial charge is 0.158 e. The molecule has 0 aromatic heterocycles. The quantitative estimate of drug-likeness (QED) is 0.442. The van der Waals surface area contributed by atoms with E-state index in [0.717, 1.165) is 12.8 Å². The van der Waals surface area contributed by atoms with Gasteiger partial charge in [0.1, 0.15) is 0 Å². The number of hydrogen-bond donors (Lipinski definition) is 1. The second kappa shape index (κ2) is 7.06. The molecule has 0 radical (unpaired) electrons. The Bertz CT molecular complexity index is 708. The SMILES string of the molecule is CCCc1ccccc1C(S)(c1ccccc1)c1ccccc1. The lowest BCUT2D eigenvalue weighted by Gasteiger charge is -2.32. The van der Waals surface area contributed by atoms with Crippen LogP contribution in [-0.2, 0) is 11.2 Å². The normalized spacial score (nSPS) is 11.4. The maximum Gasteiger partial charge on any atom is 0.0880 e. The first-order chi connectivity index (χ1) is 11.3. The Morgan fingerprint density at radius 1 is 0.696 bits per heavy atom. The second-order valence-electron chi connectivity index (χ2n) is 5.85. The fourth-order valence-electron chi connectivity index (χ4n) is 3.20. The molecule has 0 unspecified atom stereocenters. The molecule has 3 aromatic rings. The van der Waals surface area contributed by atoms with Crippen LogP contribution in [0.4, 0.5) is 0 Å². The number of thiol groups is 1. The fraction of sp³-hybridized carbons (Fsp3) is 0.182. The predicted molar refractivity (Wildman–Crippen MR) is 102 cm³/mol. The van der Waals surface area contributed by atoms with Gasteiger partial charge in [0, 0.05) is 0 Å². The van der Waals surface area contributed by atoms with Crippen LogP contribution in [0.25, 0.3) is 0 Å². The van der Waals surface area contributed by atoms with Crippen molar-refractivity contribution >= 4 is 12.6 Å². The van der Waals surface area contributed by atoms with Gasteiger partial charge in [0.15, 0.2) is 0 Å². The average Bonchev–Trinajstić information content (AvgIpc) is 2.63. The van der Waals surface area contributed by atoms with Crippen LogP contribution in [0, 0.1) is 0 Å². The Kier molecular flexibility index (Phi) is 4.88. The van der Waals surface area contributed by atoms with Gasteiger partial charge in [-0.05, 0) is 28.7 Å². The standard InChI is InChI=1S/C22H22S/c1-2-11-18-12-9-10-17-21(18)22(23,19-13-5-3-6-14-19)20-15-7-4-8-16-20/h3-10,12-17,23H,2,11H2,1H3. The Hall–Kier alpha value is -1.99. The highest BCUT2D eigenvalue weighted by molar-refractivity contribution is 7.81. The van der Waals surface area contributed by atoms with Crippen molar-refractivity contribution < 1.29 is 0 Å². The highest BCUT2D eigenvalue weighted by Gasteiger charge is 2.33. The summed E-state index contributed by atoms with van der Waals surface area (Å²) >= 11 is 5.25. The van der Waals surface area contributed by atoms with Gasteiger partial charge >= 0.3 is 0 Å². The van der Waals surface area contributed by atoms with Crippen LogP contribution in [-0.4, -0.2) is 0 Å². The Labute approximate surface area is 144 Å². The molecular weight excluding hydrogens is 296 g/mol. The number of aryl methyl sites for hydroxylation is 1. The topological polar surface area (TPSA) is 0 Å². The van der Waals surface area contributed by atoms with Gasteiger partial charge in [-0.15, -0.1) is 0 Å². The number of benzene rings is 3. The molecule has 0 heterocycles. The minimum Gasteiger partial charge on any atom is -0.158 e. The Morgan fingerprint density at radius 2 is 1.17 bits per heavy atom. The van der Waals surface area contributed by atoms with Gasteiger partial charge in [-0.25, -0.2) is 0 Å². The first-order valence-corrected chi connectivity index (χ1v) is 8.63. The maximum absolute atomic E-state index is 5.25. The summed E-state index contributed by atoms with van der Waals surface area (Å²) in [5.41, 5.74) is 5.07. The van der Waals surface area contributed by atoms with Crippen LogP contribution in [0.1, 0.15) is 35.6 Å². The summed E-state index contributed by atoms with van der Waals surface area (Å²) in [6.45, 7) is 2.22. The van der Waals surface area contributed by atoms with E-state index in [-0.39, 0.29) is 0 Å². The molecule has 0 spiro atoms. The highest BCUT2D eigenvalue weighted by atomic mass is 32.1. The smallest absolute Gasteiger partial charge is 0.0880 e. The zero-order valence-corrected chi connectivity index (χ0v) is 14.3. The molecule has 116 valence electrons. The molecule has 0 atom stereocenters. The van der Waals surface area contributed by atoms with Gasteiger partial charge in [-0.3, -0.25) is 0 Å². The van der Waals surface area contributed by atoms with Gasteiger partial charge < -0.3 is 0 Å². The summed E-state index contributed by atoms with van der Waals surface area (Å²) in [6, 6.07) is 29.8. The zero-order chi connectivity index (χ0) is 16.1. The lowest BCUT2D eigenvalue weighted by molar-refractivity contribution is 0.843. The molecular formula is C22H22S. The molecule has 0 aliphatic carbocycles. The Balaban J connectivity index is 2.26. The van der Waals surface area contributed by atoms with E-state index in [4.69, 9.17) is 12.6 Å². The van der Waals surface area contributed by atoms with Crippen molar-refractivity contribution in [1.29, 1.82) is 0 Å². The van der Waals surface area contributed by atoms with Crippen molar-refractivity contribution in [3.05, 3.63) is 107 Å². The summed E-state index contributed by atoms with van der Waals surface area (Å²) in [6.07, 6.45) is 2.20. The minimum atomic E-state index is -0.436. The van der Waals surface area contributed by atoms with E-state index in [1.807, 2.05) is 0 Å². The van der Waals surface area contributed by atoms with E-state index < -0.39 is 4.75 Å². The van der Waals surface area contributed by atoms with Crippen LogP contribution in [0.3, 0.4) is 0 Å². The zero-order valence-electron chi connectivity index (χ0n) is 13.4. The van der Waals surface area contributed by atoms with E-state index in [1.54, 1.807) is 0 Å². The van der Waals surface area contributed by atoms with E-state index in [1.165, 1.54) is 22.3 Å². The van der Waals surface area contributed by atoms with Crippen LogP contribution >= 0.6 is 12.6 Å². The van der Waals surface area contributed by atoms with E-state index in [9.17, 15) is 0 Å². The summed E-state index contributed by atoms with van der Waals surface area (Å²) < 4.78 is -0.436. The molecule has 3 aromatic carbocycles. The van der Waals surface area contributed by atoms with Crippen molar-refractivity contribution in [2.45, 2.75) is 24.5 Å². The summed E-state index contributed by atoms with van der Waals surface area (Å²) in [5.74, 6) is 0. The van der Waals surface area contributed by atoms with Crippen LogP contribution in [0.15, 0.2) is 84.9 Å². The third kappa shape index (κ3) is 3.07. The van der Waals surface area contributed by atoms with Crippen LogP contribution in [0.2, 0.25) is 0 Å². The molecule has 23 heavy (non-hydrogen) atoms. The monoisotopic (exact) mass is 318 g/mol. The average molecular weight is 318 g/mol. The molecule has 0 saturated heterocycles. The fourth-order valence-corrected chi connectivity index (χ4v) is 3.71. The molecule has 0 saturated carbocycles. The van der Waals surface area contributed by atoms with Gasteiger partial charge in [-0.1, -0.05) is 98.3 Å². The first kappa shape index (κ1) is 15.9. The third-order valence-electron chi connectivity index (χ3n) is 4.31. The van der Waals surface area contributed by atoms with E-state index in [2.05, 4.69) is 91.9 Å². The number of rotatable bonds is 5. The highest BCUT2D eigenvalue weighted by Crippen LogP contribution is 2.44. The van der Waals surface area contributed by atoms with Crippen molar-refractivity contribution in [2.75, 3.05) is 0 Å². The summed E-state index contributed by atoms with van der Waals surface area (Å²) in [4.78, 5) is 0. The van der Waals surface area contributed by atoms with Gasteiger partial charge in [0.05, 0.1) is 4.75 Å². The van der Waals surface area contributed by atoms with Gasteiger partial charge in [0.2, 0.25) is 0 Å². The molecule has 0 aliphatic heterocycles. The molecule has 0 bridgehead atoms. The summed E-state index contributed by atoms with van der Waals surface area (Å²) in [5, 5.41) is 0. The van der Waals surface area contributed by atoms with Crippen LogP contribution in [0.5, 0.6) is 0 Å². The lowest BCUT2D eigenvalue weighted by Crippen LogP contribution is -2.24. The molecule has 0 nitrogen and oxygen atoms in total. The molecule has 0 aliphatic rings. The molecule has 0 N–H and O–H groups in total. The predicted octanol–water partition coefficient (Wildman–Crippen LogP) is 5.86. The molecule has 0 fully saturated rings. The van der Waals surface area contributed by atoms with E-state index in [0.29, 0.717) is 0 Å². The Morgan fingerprint density at radius 3 is 1.70 bits per heavy atom. The molecule has 1 heteroatoms.